The molecule has 2 aromatic heterocycles. The van der Waals surface area contributed by atoms with Crippen molar-refractivity contribution in [3.63, 3.8) is 0 Å². The quantitative estimate of drug-likeness (QED) is 0.357. The van der Waals surface area contributed by atoms with E-state index in [1.165, 1.54) is 34.5 Å². The first kappa shape index (κ1) is 18.6. The highest BCUT2D eigenvalue weighted by Gasteiger charge is 2.19. The normalized spacial score (nSPS) is 13.3. The van der Waals surface area contributed by atoms with E-state index in [1.807, 2.05) is 11.3 Å². The fourth-order valence-corrected chi connectivity index (χ4v) is 4.88. The Labute approximate surface area is 166 Å². The number of hydrogen-bond acceptors (Lipinski definition) is 7. The molecular weight excluding hydrogens is 376 g/mol. The van der Waals surface area contributed by atoms with Gasteiger partial charge >= 0.3 is 0 Å². The number of thiazole rings is 1. The first-order valence-electron chi connectivity index (χ1n) is 9.49. The minimum atomic E-state index is -0.380. The van der Waals surface area contributed by atoms with Gasteiger partial charge < -0.3 is 10.1 Å². The number of benzene rings is 1. The average Bonchev–Trinajstić information content (AvgIpc) is 3.13. The highest BCUT2D eigenvalue weighted by Crippen LogP contribution is 2.36. The van der Waals surface area contributed by atoms with Crippen LogP contribution < -0.4 is 10.1 Å². The molecule has 1 aromatic carbocycles. The Morgan fingerprint density at radius 1 is 1.29 bits per heavy atom. The molecule has 0 aliphatic heterocycles. The molecule has 0 bridgehead atoms. The third kappa shape index (κ3) is 3.64. The molecule has 1 aliphatic rings. The monoisotopic (exact) mass is 398 g/mol. The summed E-state index contributed by atoms with van der Waals surface area (Å²) in [7, 11) is 1.56. The van der Waals surface area contributed by atoms with Crippen molar-refractivity contribution in [3.05, 3.63) is 50.1 Å². The topological polar surface area (TPSA) is 90.2 Å². The third-order valence-electron chi connectivity index (χ3n) is 5.03. The van der Waals surface area contributed by atoms with Crippen molar-refractivity contribution in [1.29, 1.82) is 0 Å². The van der Waals surface area contributed by atoms with Crippen LogP contribution >= 0.6 is 11.3 Å². The van der Waals surface area contributed by atoms with Gasteiger partial charge in [-0.25, -0.2) is 9.97 Å². The molecule has 0 spiro atoms. The Hall–Kier alpha value is -2.74. The van der Waals surface area contributed by atoms with E-state index in [-0.39, 0.29) is 10.6 Å². The molecule has 3 aromatic rings. The first-order chi connectivity index (χ1) is 13.7. The van der Waals surface area contributed by atoms with Crippen LogP contribution in [0, 0.1) is 10.1 Å². The second kappa shape index (κ2) is 8.10. The predicted molar refractivity (Wildman–Crippen MR) is 111 cm³/mol. The first-order valence-corrected chi connectivity index (χ1v) is 10.3. The van der Waals surface area contributed by atoms with E-state index in [4.69, 9.17) is 9.72 Å². The summed E-state index contributed by atoms with van der Waals surface area (Å²) in [4.78, 5) is 21.7. The number of non-ortho nitro benzene ring substituents is 1. The van der Waals surface area contributed by atoms with Gasteiger partial charge in [0.05, 0.1) is 22.7 Å². The zero-order valence-corrected chi connectivity index (χ0v) is 16.6. The highest BCUT2D eigenvalue weighted by molar-refractivity contribution is 7.11. The maximum absolute atomic E-state index is 11.5. The lowest BCUT2D eigenvalue weighted by Gasteiger charge is -2.11. The Morgan fingerprint density at radius 3 is 2.93 bits per heavy atom. The van der Waals surface area contributed by atoms with Crippen LogP contribution in [0.15, 0.2) is 24.4 Å². The molecule has 1 aliphatic carbocycles. The van der Waals surface area contributed by atoms with E-state index < -0.39 is 0 Å². The van der Waals surface area contributed by atoms with Crippen molar-refractivity contribution >= 4 is 33.6 Å². The number of hydrogen-bond donors (Lipinski definition) is 1. The summed E-state index contributed by atoms with van der Waals surface area (Å²) in [5.41, 5.74) is 1.32. The molecule has 0 atom stereocenters. The summed E-state index contributed by atoms with van der Waals surface area (Å²) in [5.74, 6) is 1.11. The molecular formula is C20H22N4O3S. The van der Waals surface area contributed by atoms with Crippen molar-refractivity contribution < 1.29 is 9.66 Å². The molecule has 0 fully saturated rings. The molecule has 1 N–H and O–H groups in total. The molecule has 0 saturated carbocycles. The predicted octanol–water partition coefficient (Wildman–Crippen LogP) is 4.53. The van der Waals surface area contributed by atoms with Crippen LogP contribution in [-0.4, -0.2) is 28.5 Å². The minimum Gasteiger partial charge on any atom is -0.496 e. The van der Waals surface area contributed by atoms with Crippen molar-refractivity contribution in [2.75, 3.05) is 19.0 Å². The maximum Gasteiger partial charge on any atom is 0.281 e. The SMILES string of the molecule is COc1ccc([N+](=O)[O-])c2c(NCCCc3nc4c(s3)CCCC4)nccc12. The summed E-state index contributed by atoms with van der Waals surface area (Å²) in [5, 5.41) is 17.1. The number of nitro benzene ring substituents is 1. The number of aromatic nitrogens is 2. The van der Waals surface area contributed by atoms with Crippen LogP contribution in [0.1, 0.15) is 34.8 Å². The van der Waals surface area contributed by atoms with E-state index in [9.17, 15) is 10.1 Å². The zero-order chi connectivity index (χ0) is 19.5. The number of fused-ring (bicyclic) bond motifs is 2. The van der Waals surface area contributed by atoms with E-state index in [0.29, 0.717) is 28.9 Å². The lowest BCUT2D eigenvalue weighted by atomic mass is 10.0. The minimum absolute atomic E-state index is 0.0269. The number of methoxy groups -OCH3 is 1. The average molecular weight is 398 g/mol. The van der Waals surface area contributed by atoms with Crippen LogP contribution in [0.5, 0.6) is 5.75 Å². The van der Waals surface area contributed by atoms with Crippen molar-refractivity contribution in [2.24, 2.45) is 0 Å². The second-order valence-corrected chi connectivity index (χ2v) is 8.01. The summed E-state index contributed by atoms with van der Waals surface area (Å²) in [6, 6.07) is 4.83. The largest absolute Gasteiger partial charge is 0.496 e. The van der Waals surface area contributed by atoms with Crippen molar-refractivity contribution in [2.45, 2.75) is 38.5 Å². The Kier molecular flexibility index (Phi) is 5.38. The standard InChI is InChI=1S/C20H22N4O3S/c1-27-16-9-8-15(24(25)26)19-13(16)10-12-22-20(19)21-11-4-7-18-23-14-5-2-3-6-17(14)28-18/h8-10,12H,2-7,11H2,1H3,(H,21,22). The number of aryl methyl sites for hydroxylation is 3. The Balaban J connectivity index is 1.48. The molecule has 7 nitrogen and oxygen atoms in total. The van der Waals surface area contributed by atoms with E-state index >= 15 is 0 Å². The lowest BCUT2D eigenvalue weighted by Crippen LogP contribution is -2.06. The van der Waals surface area contributed by atoms with E-state index in [1.54, 1.807) is 25.4 Å². The van der Waals surface area contributed by atoms with Crippen molar-refractivity contribution in [1.82, 2.24) is 9.97 Å². The number of pyridine rings is 1. The fourth-order valence-electron chi connectivity index (χ4n) is 3.68. The van der Waals surface area contributed by atoms with Gasteiger partial charge in [-0.15, -0.1) is 11.3 Å². The van der Waals surface area contributed by atoms with Crippen LogP contribution in [0.25, 0.3) is 10.8 Å². The lowest BCUT2D eigenvalue weighted by molar-refractivity contribution is -0.383. The van der Waals surface area contributed by atoms with Crippen LogP contribution in [0.3, 0.4) is 0 Å². The number of ether oxygens (including phenoxy) is 1. The molecule has 0 amide bonds. The van der Waals surface area contributed by atoms with Gasteiger partial charge in [0.15, 0.2) is 0 Å². The maximum atomic E-state index is 11.5. The third-order valence-corrected chi connectivity index (χ3v) is 6.25. The van der Waals surface area contributed by atoms with Gasteiger partial charge in [0, 0.05) is 35.5 Å². The fraction of sp³-hybridized carbons (Fsp3) is 0.400. The number of nitro groups is 1. The van der Waals surface area contributed by atoms with Crippen molar-refractivity contribution in [3.8, 4) is 5.75 Å². The molecule has 0 unspecified atom stereocenters. The van der Waals surface area contributed by atoms with Gasteiger partial charge in [-0.05, 0) is 44.2 Å². The second-order valence-electron chi connectivity index (χ2n) is 6.84. The summed E-state index contributed by atoms with van der Waals surface area (Å²) >= 11 is 1.84. The smallest absolute Gasteiger partial charge is 0.281 e. The van der Waals surface area contributed by atoms with Crippen LogP contribution in [0.2, 0.25) is 0 Å². The number of rotatable bonds is 7. The van der Waals surface area contributed by atoms with Gasteiger partial charge in [-0.3, -0.25) is 10.1 Å². The molecule has 0 radical (unpaired) electrons. The number of nitrogens with zero attached hydrogens (tertiary/aromatic N) is 3. The Bertz CT molecular complexity index is 995. The van der Waals surface area contributed by atoms with E-state index in [2.05, 4.69) is 10.3 Å². The molecule has 146 valence electrons. The summed E-state index contributed by atoms with van der Waals surface area (Å²) in [6.45, 7) is 0.671. The summed E-state index contributed by atoms with van der Waals surface area (Å²) < 4.78 is 5.36. The number of nitrogens with one attached hydrogen (secondary N) is 1. The van der Waals surface area contributed by atoms with Crippen LogP contribution in [-0.2, 0) is 19.3 Å². The van der Waals surface area contributed by atoms with E-state index in [0.717, 1.165) is 25.7 Å². The van der Waals surface area contributed by atoms with Gasteiger partial charge in [0.2, 0.25) is 0 Å². The molecule has 2 heterocycles. The Morgan fingerprint density at radius 2 is 2.14 bits per heavy atom. The number of anilines is 1. The summed E-state index contributed by atoms with van der Waals surface area (Å²) in [6.07, 6.45) is 8.22. The highest BCUT2D eigenvalue weighted by atomic mass is 32.1. The molecule has 28 heavy (non-hydrogen) atoms. The molecule has 4 rings (SSSR count). The van der Waals surface area contributed by atoms with Gasteiger partial charge in [0.25, 0.3) is 5.69 Å². The van der Waals surface area contributed by atoms with Gasteiger partial charge in [0.1, 0.15) is 17.0 Å². The van der Waals surface area contributed by atoms with Crippen LogP contribution in [0.4, 0.5) is 11.5 Å². The van der Waals surface area contributed by atoms with Gasteiger partial charge in [-0.2, -0.15) is 0 Å². The zero-order valence-electron chi connectivity index (χ0n) is 15.7. The molecule has 8 heteroatoms. The molecule has 0 saturated heterocycles. The van der Waals surface area contributed by atoms with Gasteiger partial charge in [-0.1, -0.05) is 0 Å².